The van der Waals surface area contributed by atoms with Crippen molar-refractivity contribution in [2.45, 2.75) is 31.8 Å². The third-order valence-corrected chi connectivity index (χ3v) is 5.90. The van der Waals surface area contributed by atoms with Crippen molar-refractivity contribution in [2.24, 2.45) is 0 Å². The molecule has 28 heavy (non-hydrogen) atoms. The van der Waals surface area contributed by atoms with Gasteiger partial charge in [-0.3, -0.25) is 4.79 Å². The first kappa shape index (κ1) is 18.7. The molecule has 0 aliphatic carbocycles. The number of rotatable bonds is 4. The molecule has 6 heteroatoms. The lowest BCUT2D eigenvalue weighted by Crippen LogP contribution is -2.47. The Kier molecular flexibility index (Phi) is 4.98. The van der Waals surface area contributed by atoms with Crippen LogP contribution in [0.1, 0.15) is 41.3 Å². The number of piperidine rings is 1. The Labute approximate surface area is 165 Å². The summed E-state index contributed by atoms with van der Waals surface area (Å²) in [5, 5.41) is 0. The monoisotopic (exact) mass is 382 g/mol. The summed E-state index contributed by atoms with van der Waals surface area (Å²) >= 11 is 0. The molecule has 0 radical (unpaired) electrons. The summed E-state index contributed by atoms with van der Waals surface area (Å²) in [5.74, 6) is 2.42. The number of anilines is 1. The highest BCUT2D eigenvalue weighted by Crippen LogP contribution is 2.45. The predicted octanol–water partition coefficient (Wildman–Crippen LogP) is 3.37. The minimum absolute atomic E-state index is 0.0581. The Hall–Kier alpha value is -2.60. The summed E-state index contributed by atoms with van der Waals surface area (Å²) in [7, 11) is 3.33. The highest BCUT2D eigenvalue weighted by Gasteiger charge is 2.41. The van der Waals surface area contributed by atoms with E-state index in [1.807, 2.05) is 6.07 Å². The molecule has 0 saturated carbocycles. The third kappa shape index (κ3) is 3.22. The fraction of sp³-hybridized carbons (Fsp3) is 0.455. The molecule has 1 saturated heterocycles. The number of methoxy groups -OCH3 is 2. The van der Waals surface area contributed by atoms with E-state index >= 15 is 0 Å². The number of ketones is 1. The van der Waals surface area contributed by atoms with Gasteiger partial charge >= 0.3 is 0 Å². The van der Waals surface area contributed by atoms with Gasteiger partial charge in [0.1, 0.15) is 5.82 Å². The van der Waals surface area contributed by atoms with E-state index in [9.17, 15) is 4.79 Å². The molecule has 1 spiro atoms. The molecule has 0 unspecified atom stereocenters. The van der Waals surface area contributed by atoms with Crippen molar-refractivity contribution in [1.82, 2.24) is 4.98 Å². The summed E-state index contributed by atoms with van der Waals surface area (Å²) in [5.41, 5.74) is 2.87. The molecule has 1 fully saturated rings. The Bertz CT molecular complexity index is 888. The molecule has 2 aliphatic heterocycles. The van der Waals surface area contributed by atoms with Crippen LogP contribution < -0.4 is 14.4 Å². The minimum Gasteiger partial charge on any atom is -0.493 e. The van der Waals surface area contributed by atoms with Crippen LogP contribution in [-0.2, 0) is 16.8 Å². The SMILES string of the molecule is COc1cc2c(cc1OC)C1(CCN(c3cc(C(C)=O)ccn3)CC1)OCC2. The summed E-state index contributed by atoms with van der Waals surface area (Å²) in [4.78, 5) is 18.4. The highest BCUT2D eigenvalue weighted by molar-refractivity contribution is 5.94. The van der Waals surface area contributed by atoms with Crippen molar-refractivity contribution in [3.05, 3.63) is 47.2 Å². The maximum Gasteiger partial charge on any atom is 0.161 e. The van der Waals surface area contributed by atoms with Crippen LogP contribution in [0.25, 0.3) is 0 Å². The number of nitrogens with zero attached hydrogens (tertiary/aromatic N) is 2. The lowest BCUT2D eigenvalue weighted by atomic mass is 9.79. The van der Waals surface area contributed by atoms with Crippen molar-refractivity contribution in [1.29, 1.82) is 0 Å². The minimum atomic E-state index is -0.304. The number of Topliss-reactive ketones (excluding diaryl/α,β-unsaturated/α-hetero) is 1. The second-order valence-corrected chi connectivity index (χ2v) is 7.40. The van der Waals surface area contributed by atoms with Gasteiger partial charge in [0.2, 0.25) is 0 Å². The van der Waals surface area contributed by atoms with Gasteiger partial charge in [0.25, 0.3) is 0 Å². The van der Waals surface area contributed by atoms with Crippen LogP contribution in [0, 0.1) is 0 Å². The first-order chi connectivity index (χ1) is 13.6. The van der Waals surface area contributed by atoms with Crippen LogP contribution in [0.3, 0.4) is 0 Å². The Morgan fingerprint density at radius 2 is 1.86 bits per heavy atom. The van der Waals surface area contributed by atoms with Crippen molar-refractivity contribution < 1.29 is 19.0 Å². The molecule has 4 rings (SSSR count). The lowest BCUT2D eigenvalue weighted by Gasteiger charge is -2.45. The zero-order valence-corrected chi connectivity index (χ0v) is 16.7. The molecule has 0 amide bonds. The van der Waals surface area contributed by atoms with Crippen LogP contribution in [0.2, 0.25) is 0 Å². The van der Waals surface area contributed by atoms with Crippen molar-refractivity contribution in [3.8, 4) is 11.5 Å². The van der Waals surface area contributed by atoms with Crippen LogP contribution in [0.5, 0.6) is 11.5 Å². The van der Waals surface area contributed by atoms with Gasteiger partial charge in [-0.05, 0) is 61.6 Å². The maximum atomic E-state index is 11.7. The van der Waals surface area contributed by atoms with Gasteiger partial charge < -0.3 is 19.1 Å². The highest BCUT2D eigenvalue weighted by atomic mass is 16.5. The molecular formula is C22H26N2O4. The first-order valence-electron chi connectivity index (χ1n) is 9.67. The maximum absolute atomic E-state index is 11.7. The largest absolute Gasteiger partial charge is 0.493 e. The summed E-state index contributed by atoms with van der Waals surface area (Å²) < 4.78 is 17.4. The standard InChI is InChI=1S/C22H26N2O4/c1-15(25)16-4-8-23-21(13-16)24-9-6-22(7-10-24)18-14-20(27-3)19(26-2)12-17(18)5-11-28-22/h4,8,12-14H,5-7,9-11H2,1-3H3. The molecule has 2 aliphatic rings. The average molecular weight is 382 g/mol. The molecule has 0 bridgehead atoms. The van der Waals surface area contributed by atoms with E-state index in [0.717, 1.165) is 49.7 Å². The third-order valence-electron chi connectivity index (χ3n) is 5.90. The van der Waals surface area contributed by atoms with Gasteiger partial charge in [0, 0.05) is 24.8 Å². The number of carbonyl (C=O) groups excluding carboxylic acids is 1. The van der Waals surface area contributed by atoms with E-state index in [0.29, 0.717) is 12.2 Å². The number of pyridine rings is 1. The topological polar surface area (TPSA) is 60.9 Å². The van der Waals surface area contributed by atoms with E-state index in [4.69, 9.17) is 14.2 Å². The Morgan fingerprint density at radius 1 is 1.14 bits per heavy atom. The van der Waals surface area contributed by atoms with Gasteiger partial charge in [-0.1, -0.05) is 0 Å². The van der Waals surface area contributed by atoms with Crippen LogP contribution in [-0.4, -0.2) is 44.7 Å². The number of aromatic nitrogens is 1. The molecule has 1 aromatic heterocycles. The zero-order chi connectivity index (χ0) is 19.7. The summed E-state index contributed by atoms with van der Waals surface area (Å²) in [6, 6.07) is 7.81. The first-order valence-corrected chi connectivity index (χ1v) is 9.67. The molecule has 2 aromatic rings. The lowest BCUT2D eigenvalue weighted by molar-refractivity contribution is -0.0768. The summed E-state index contributed by atoms with van der Waals surface area (Å²) in [6.45, 7) is 3.93. The number of hydrogen-bond donors (Lipinski definition) is 0. The number of hydrogen-bond acceptors (Lipinski definition) is 6. The van der Waals surface area contributed by atoms with E-state index in [-0.39, 0.29) is 11.4 Å². The Balaban J connectivity index is 1.60. The molecule has 0 N–H and O–H groups in total. The van der Waals surface area contributed by atoms with E-state index in [1.165, 1.54) is 11.1 Å². The molecule has 0 atom stereocenters. The van der Waals surface area contributed by atoms with Crippen LogP contribution >= 0.6 is 0 Å². The smallest absolute Gasteiger partial charge is 0.161 e. The van der Waals surface area contributed by atoms with Gasteiger partial charge in [-0.15, -0.1) is 0 Å². The van der Waals surface area contributed by atoms with Gasteiger partial charge in [-0.2, -0.15) is 0 Å². The van der Waals surface area contributed by atoms with Crippen LogP contribution in [0.15, 0.2) is 30.5 Å². The number of fused-ring (bicyclic) bond motifs is 2. The normalized spacial score (nSPS) is 17.9. The van der Waals surface area contributed by atoms with Crippen LogP contribution in [0.4, 0.5) is 5.82 Å². The fourth-order valence-corrected chi connectivity index (χ4v) is 4.31. The van der Waals surface area contributed by atoms with Crippen molar-refractivity contribution >= 4 is 11.6 Å². The quantitative estimate of drug-likeness (QED) is 0.756. The van der Waals surface area contributed by atoms with Gasteiger partial charge in [0.15, 0.2) is 17.3 Å². The molecule has 3 heterocycles. The Morgan fingerprint density at radius 3 is 2.54 bits per heavy atom. The molecule has 1 aromatic carbocycles. The predicted molar refractivity (Wildman–Crippen MR) is 107 cm³/mol. The number of ether oxygens (including phenoxy) is 3. The second-order valence-electron chi connectivity index (χ2n) is 7.40. The number of benzene rings is 1. The molecular weight excluding hydrogens is 356 g/mol. The second kappa shape index (κ2) is 7.43. The van der Waals surface area contributed by atoms with Crippen molar-refractivity contribution in [3.63, 3.8) is 0 Å². The van der Waals surface area contributed by atoms with Gasteiger partial charge in [-0.25, -0.2) is 4.98 Å². The number of carbonyl (C=O) groups is 1. The average Bonchev–Trinajstić information content (AvgIpc) is 2.73. The summed E-state index contributed by atoms with van der Waals surface area (Å²) in [6.07, 6.45) is 4.31. The van der Waals surface area contributed by atoms with Crippen molar-refractivity contribution in [2.75, 3.05) is 38.8 Å². The van der Waals surface area contributed by atoms with Gasteiger partial charge in [0.05, 0.1) is 26.4 Å². The van der Waals surface area contributed by atoms with E-state index in [2.05, 4.69) is 22.0 Å². The molecule has 6 nitrogen and oxygen atoms in total. The van der Waals surface area contributed by atoms with E-state index in [1.54, 1.807) is 33.4 Å². The molecule has 148 valence electrons. The fourth-order valence-electron chi connectivity index (χ4n) is 4.31. The zero-order valence-electron chi connectivity index (χ0n) is 16.7. The van der Waals surface area contributed by atoms with E-state index < -0.39 is 0 Å².